The zero-order valence-electron chi connectivity index (χ0n) is 33.9. The van der Waals surface area contributed by atoms with Crippen LogP contribution in [-0.4, -0.2) is 95.6 Å². The van der Waals surface area contributed by atoms with E-state index >= 15 is 0 Å². The third kappa shape index (κ3) is 7.65. The smallest absolute Gasteiger partial charge is 0.294 e. The van der Waals surface area contributed by atoms with Crippen LogP contribution in [0, 0.1) is 6.92 Å². The normalized spacial score (nSPS) is 13.1. The molecule has 5 heterocycles. The fourth-order valence-corrected chi connectivity index (χ4v) is 11.0. The van der Waals surface area contributed by atoms with Crippen molar-refractivity contribution in [2.24, 2.45) is 5.14 Å². The predicted octanol–water partition coefficient (Wildman–Crippen LogP) is 3.95. The number of nitrogens with zero attached hydrogens (tertiary/aromatic N) is 6. The lowest BCUT2D eigenvalue weighted by molar-refractivity contribution is 0.480. The van der Waals surface area contributed by atoms with E-state index in [2.05, 4.69) is 34.6 Å². The maximum atomic E-state index is 14.0. The molecule has 0 radical (unpaired) electrons. The molecule has 2 aliphatic rings. The van der Waals surface area contributed by atoms with E-state index < -0.39 is 70.0 Å². The number of primary sulfonamides is 1. The molecule has 0 fully saturated rings. The number of hydrogen-bond acceptors (Lipinski definition) is 17. The lowest BCUT2D eigenvalue weighted by Gasteiger charge is -2.12. The second kappa shape index (κ2) is 14.8. The highest BCUT2D eigenvalue weighted by atomic mass is 32.2. The highest BCUT2D eigenvalue weighted by molar-refractivity contribution is 7.92. The van der Waals surface area contributed by atoms with Crippen molar-refractivity contribution in [2.45, 2.75) is 31.4 Å². The van der Waals surface area contributed by atoms with Crippen molar-refractivity contribution in [3.63, 3.8) is 0 Å². The van der Waals surface area contributed by atoms with Crippen LogP contribution in [-0.2, 0) is 50.4 Å². The van der Waals surface area contributed by atoms with Gasteiger partial charge in [0, 0.05) is 49.5 Å². The van der Waals surface area contributed by atoms with Gasteiger partial charge in [0.05, 0.1) is 25.3 Å². The molecule has 2 aliphatic heterocycles. The van der Waals surface area contributed by atoms with Gasteiger partial charge in [-0.3, -0.25) is 18.4 Å². The lowest BCUT2D eigenvalue weighted by atomic mass is 10.1. The first-order chi connectivity index (χ1) is 31.7. The van der Waals surface area contributed by atoms with Crippen LogP contribution in [0.3, 0.4) is 0 Å². The zero-order chi connectivity index (χ0) is 48.6. The number of nitrogens with two attached hydrogens (primary N) is 2. The monoisotopic (exact) mass is 1020 g/mol. The number of rotatable bonds is 7. The van der Waals surface area contributed by atoms with E-state index in [1.807, 2.05) is 0 Å². The standard InChI is InChI=1S/C39H27N11O13S5/c1-16-30(40)10-17(11-31(16)68(61,62)63)50-65(53,54)19-3-7-23-27(13-19)37-44-32-22-6-2-18(64(41,51)52)12-26(22)36(42-32)43-34-24-8-4-20(66(55,56)57)14-28(24)39(47-34)49-35-25-9-5-21(67(58,59)60)15-29(25)38(48-35)46-33(23)45-37/h2-15,50H,40H2,1H3,(H2,41,51,52)(H,55,56,57)(H,58,59,60)(H,61,62,63)(H2,42,43,44,45,46,47,48,49). The van der Waals surface area contributed by atoms with Gasteiger partial charge in [-0.15, -0.1) is 0 Å². The lowest BCUT2D eigenvalue weighted by Crippen LogP contribution is -2.14. The third-order valence-corrected chi connectivity index (χ3v) is 15.9. The van der Waals surface area contributed by atoms with Crippen molar-refractivity contribution in [3.05, 3.63) is 90.5 Å². The fraction of sp³-hybridized carbons (Fsp3) is 0.0256. The first-order valence-electron chi connectivity index (χ1n) is 19.0. The minimum absolute atomic E-state index is 0.0203. The summed E-state index contributed by atoms with van der Waals surface area (Å²) in [5.41, 5.74) is 5.78. The van der Waals surface area contributed by atoms with Crippen LogP contribution in [0.5, 0.6) is 0 Å². The van der Waals surface area contributed by atoms with E-state index in [1.54, 1.807) is 0 Å². The molecular weight excluding hydrogens is 991 g/mol. The molecule has 24 nitrogen and oxygen atoms in total. The molecule has 3 aromatic heterocycles. The van der Waals surface area contributed by atoms with E-state index in [1.165, 1.54) is 55.5 Å². The molecule has 8 aromatic rings. The molecule has 10 N–H and O–H groups in total. The average Bonchev–Trinajstić information content (AvgIpc) is 3.98. The Morgan fingerprint density at radius 1 is 0.471 bits per heavy atom. The maximum absolute atomic E-state index is 14.0. The fourth-order valence-electron chi connectivity index (χ4n) is 7.63. The zero-order valence-corrected chi connectivity index (χ0v) is 38.0. The number of aromatic amines is 2. The van der Waals surface area contributed by atoms with E-state index in [9.17, 15) is 55.7 Å². The first kappa shape index (κ1) is 44.5. The molecule has 0 unspecified atom stereocenters. The number of anilines is 2. The van der Waals surface area contributed by atoms with Gasteiger partial charge in [0.15, 0.2) is 23.3 Å². The average molecular weight is 1020 g/mol. The van der Waals surface area contributed by atoms with E-state index in [4.69, 9.17) is 20.8 Å². The number of fused-ring (bicyclic) bond motifs is 20. The Labute approximate surface area is 382 Å². The van der Waals surface area contributed by atoms with Gasteiger partial charge in [0.25, 0.3) is 40.4 Å². The van der Waals surface area contributed by atoms with Crippen molar-refractivity contribution < 1.29 is 55.7 Å². The number of benzene rings is 5. The number of hydrogen-bond donors (Lipinski definition) is 8. The molecular formula is C39H27N11O13S5. The molecule has 346 valence electrons. The number of H-pyrrole nitrogens is 2. The molecule has 0 saturated carbocycles. The second-order valence-electron chi connectivity index (χ2n) is 15.2. The van der Waals surface area contributed by atoms with Gasteiger partial charge >= 0.3 is 0 Å². The first-order valence-corrected chi connectivity index (χ1v) is 26.4. The quantitative estimate of drug-likeness (QED) is 0.0827. The van der Waals surface area contributed by atoms with E-state index in [0.29, 0.717) is 0 Å². The summed E-state index contributed by atoms with van der Waals surface area (Å²) >= 11 is 0. The Bertz CT molecular complexity index is 4410. The van der Waals surface area contributed by atoms with Gasteiger partial charge in [0.1, 0.15) is 27.5 Å². The summed E-state index contributed by atoms with van der Waals surface area (Å²) in [7, 11) is -23.3. The Morgan fingerprint density at radius 3 is 1.46 bits per heavy atom. The van der Waals surface area contributed by atoms with Gasteiger partial charge in [-0.1, -0.05) is 0 Å². The van der Waals surface area contributed by atoms with E-state index in [-0.39, 0.29) is 112 Å². The summed E-state index contributed by atoms with van der Waals surface area (Å²) in [6.45, 7) is 1.32. The molecule has 68 heavy (non-hydrogen) atoms. The van der Waals surface area contributed by atoms with Gasteiger partial charge in [0.2, 0.25) is 10.0 Å². The van der Waals surface area contributed by atoms with Crippen LogP contribution in [0.15, 0.2) is 109 Å². The third-order valence-electron chi connectivity index (χ3n) is 10.9. The number of aromatic nitrogens is 8. The van der Waals surface area contributed by atoms with Crippen molar-refractivity contribution >= 4 is 106 Å². The molecule has 0 aliphatic carbocycles. The topological polar surface area (TPSA) is 404 Å². The van der Waals surface area contributed by atoms with Gasteiger partial charge in [-0.25, -0.2) is 51.9 Å². The Balaban J connectivity index is 1.31. The molecule has 8 bridgehead atoms. The highest BCUT2D eigenvalue weighted by Crippen LogP contribution is 2.40. The van der Waals surface area contributed by atoms with Gasteiger partial charge in [-0.05, 0) is 97.4 Å². The molecule has 0 amide bonds. The minimum atomic E-state index is -4.83. The summed E-state index contributed by atoms with van der Waals surface area (Å²) in [5, 5.41) is 6.06. The van der Waals surface area contributed by atoms with Gasteiger partial charge < -0.3 is 15.7 Å². The second-order valence-corrected chi connectivity index (χ2v) is 22.7. The van der Waals surface area contributed by atoms with Crippen LogP contribution in [0.4, 0.5) is 11.4 Å². The van der Waals surface area contributed by atoms with Gasteiger partial charge in [-0.2, -0.15) is 25.3 Å². The molecule has 10 rings (SSSR count). The molecule has 0 atom stereocenters. The SMILES string of the molecule is Cc1c(N)cc(NS(=O)(=O)c2ccc3c4nc5[nH]c(nc6nc(nc7nc(nc([nH]4)c3c2)-c2ccc(S(N)(=O)=O)cc2-7)-c2ccc(S(=O)(=O)O)cc2-6)c2ccc(S(=O)(=O)O)cc52)cc1S(=O)(=O)O. The summed E-state index contributed by atoms with van der Waals surface area (Å²) in [4.78, 5) is 31.6. The minimum Gasteiger partial charge on any atom is -0.398 e. The van der Waals surface area contributed by atoms with Crippen LogP contribution < -0.4 is 15.6 Å². The predicted molar refractivity (Wildman–Crippen MR) is 243 cm³/mol. The summed E-state index contributed by atoms with van der Waals surface area (Å²) in [6.07, 6.45) is 0. The van der Waals surface area contributed by atoms with Crippen molar-refractivity contribution in [3.8, 4) is 45.6 Å². The summed E-state index contributed by atoms with van der Waals surface area (Å²) in [6, 6.07) is 16.5. The van der Waals surface area contributed by atoms with Crippen LogP contribution in [0.25, 0.3) is 89.7 Å². The molecule has 0 spiro atoms. The maximum Gasteiger partial charge on any atom is 0.294 e. The molecule has 0 saturated heterocycles. The van der Waals surface area contributed by atoms with Crippen molar-refractivity contribution in [2.75, 3.05) is 10.5 Å². The summed E-state index contributed by atoms with van der Waals surface area (Å²) < 4.78 is 159. The van der Waals surface area contributed by atoms with Crippen molar-refractivity contribution in [1.82, 2.24) is 39.9 Å². The number of nitrogen functional groups attached to an aromatic ring is 1. The van der Waals surface area contributed by atoms with Crippen LogP contribution in [0.1, 0.15) is 5.56 Å². The number of nitrogens with one attached hydrogen (secondary N) is 3. The Kier molecular flexibility index (Phi) is 9.70. The largest absolute Gasteiger partial charge is 0.398 e. The molecule has 5 aromatic carbocycles. The van der Waals surface area contributed by atoms with Crippen LogP contribution in [0.2, 0.25) is 0 Å². The Morgan fingerprint density at radius 2 is 0.897 bits per heavy atom. The van der Waals surface area contributed by atoms with E-state index in [0.717, 1.165) is 36.4 Å². The highest BCUT2D eigenvalue weighted by Gasteiger charge is 2.28. The Hall–Kier alpha value is -7.35. The van der Waals surface area contributed by atoms with Crippen LogP contribution >= 0.6 is 0 Å². The van der Waals surface area contributed by atoms with Crippen molar-refractivity contribution in [1.29, 1.82) is 0 Å². The summed E-state index contributed by atoms with van der Waals surface area (Å²) in [5.74, 6) is -0.571. The number of sulfonamides is 2. The molecule has 29 heteroatoms.